The first-order valence-corrected chi connectivity index (χ1v) is 7.74. The Balaban J connectivity index is 1.85. The molecule has 1 amide bonds. The molecule has 0 unspecified atom stereocenters. The number of aromatic nitrogens is 2. The molecule has 2 rings (SSSR count). The number of carbonyl (C=O) groups excluding carboxylic acids is 1. The van der Waals surface area contributed by atoms with Gasteiger partial charge in [-0.25, -0.2) is 4.98 Å². The summed E-state index contributed by atoms with van der Waals surface area (Å²) in [6.07, 6.45) is 6.82. The number of hydrogen-bond donors (Lipinski definition) is 2. The summed E-state index contributed by atoms with van der Waals surface area (Å²) in [5.41, 5.74) is 0. The van der Waals surface area contributed by atoms with E-state index in [0.29, 0.717) is 5.92 Å². The van der Waals surface area contributed by atoms with E-state index in [0.717, 1.165) is 57.1 Å². The molecular weight excluding hydrogens is 266 g/mol. The molecule has 0 aromatic carbocycles. The summed E-state index contributed by atoms with van der Waals surface area (Å²) in [5.74, 6) is 2.40. The Morgan fingerprint density at radius 1 is 1.38 bits per heavy atom. The third-order valence-corrected chi connectivity index (χ3v) is 3.76. The molecule has 21 heavy (non-hydrogen) atoms. The standard InChI is InChI=1S/C15H25N5O/c1-3-6-17-14-10-16-11-15(19-14)20-7-4-13(5-8-20)9-18-12(2)21/h10-11,13H,3-9H2,1-2H3,(H,17,19)(H,18,21). The lowest BCUT2D eigenvalue weighted by atomic mass is 9.97. The Morgan fingerprint density at radius 3 is 2.81 bits per heavy atom. The molecule has 1 aliphatic heterocycles. The molecule has 0 saturated carbocycles. The van der Waals surface area contributed by atoms with Gasteiger partial charge in [0.2, 0.25) is 5.91 Å². The summed E-state index contributed by atoms with van der Waals surface area (Å²) in [6.45, 7) is 7.33. The summed E-state index contributed by atoms with van der Waals surface area (Å²) >= 11 is 0. The van der Waals surface area contributed by atoms with Crippen LogP contribution in [0.4, 0.5) is 11.6 Å². The summed E-state index contributed by atoms with van der Waals surface area (Å²) < 4.78 is 0. The van der Waals surface area contributed by atoms with Crippen molar-refractivity contribution in [2.45, 2.75) is 33.1 Å². The number of hydrogen-bond acceptors (Lipinski definition) is 5. The minimum Gasteiger partial charge on any atom is -0.369 e. The first-order chi connectivity index (χ1) is 10.2. The third kappa shape index (κ3) is 4.88. The van der Waals surface area contributed by atoms with Crippen molar-refractivity contribution in [2.75, 3.05) is 36.4 Å². The van der Waals surface area contributed by atoms with Crippen molar-refractivity contribution in [2.24, 2.45) is 5.92 Å². The molecule has 0 radical (unpaired) electrons. The Morgan fingerprint density at radius 2 is 2.14 bits per heavy atom. The van der Waals surface area contributed by atoms with E-state index < -0.39 is 0 Å². The van der Waals surface area contributed by atoms with Gasteiger partial charge < -0.3 is 15.5 Å². The van der Waals surface area contributed by atoms with Crippen LogP contribution in [0.3, 0.4) is 0 Å². The Bertz CT molecular complexity index is 457. The van der Waals surface area contributed by atoms with Gasteiger partial charge >= 0.3 is 0 Å². The predicted molar refractivity (Wildman–Crippen MR) is 84.4 cm³/mol. The molecule has 1 saturated heterocycles. The van der Waals surface area contributed by atoms with Gasteiger partial charge in [-0.1, -0.05) is 6.92 Å². The summed E-state index contributed by atoms with van der Waals surface area (Å²) in [4.78, 5) is 22.1. The van der Waals surface area contributed by atoms with Crippen LogP contribution in [-0.4, -0.2) is 42.1 Å². The monoisotopic (exact) mass is 291 g/mol. The van der Waals surface area contributed by atoms with Crippen molar-refractivity contribution in [1.29, 1.82) is 0 Å². The summed E-state index contributed by atoms with van der Waals surface area (Å²) in [5, 5.41) is 6.17. The molecule has 6 heteroatoms. The maximum absolute atomic E-state index is 10.9. The normalized spacial score (nSPS) is 15.8. The second-order valence-corrected chi connectivity index (χ2v) is 5.56. The fourth-order valence-electron chi connectivity index (χ4n) is 2.50. The quantitative estimate of drug-likeness (QED) is 0.834. The minimum absolute atomic E-state index is 0.0537. The fraction of sp³-hybridized carbons (Fsp3) is 0.667. The molecule has 116 valence electrons. The van der Waals surface area contributed by atoms with Gasteiger partial charge in [-0.15, -0.1) is 0 Å². The van der Waals surface area contributed by atoms with E-state index in [-0.39, 0.29) is 5.91 Å². The smallest absolute Gasteiger partial charge is 0.216 e. The largest absolute Gasteiger partial charge is 0.369 e. The minimum atomic E-state index is 0.0537. The van der Waals surface area contributed by atoms with Gasteiger partial charge in [0.1, 0.15) is 11.6 Å². The molecule has 2 heterocycles. The number of rotatable bonds is 6. The number of amides is 1. The lowest BCUT2D eigenvalue weighted by Crippen LogP contribution is -2.38. The number of nitrogens with one attached hydrogen (secondary N) is 2. The highest BCUT2D eigenvalue weighted by molar-refractivity contribution is 5.72. The van der Waals surface area contributed by atoms with Gasteiger partial charge in [-0.05, 0) is 25.2 Å². The molecule has 0 aliphatic carbocycles. The zero-order chi connectivity index (χ0) is 15.1. The average Bonchev–Trinajstić information content (AvgIpc) is 2.51. The van der Waals surface area contributed by atoms with Crippen molar-refractivity contribution < 1.29 is 4.79 Å². The SMILES string of the molecule is CCCNc1cncc(N2CCC(CNC(C)=O)CC2)n1. The van der Waals surface area contributed by atoms with E-state index in [1.165, 1.54) is 0 Å². The molecule has 0 spiro atoms. The van der Waals surface area contributed by atoms with E-state index >= 15 is 0 Å². The second-order valence-electron chi connectivity index (χ2n) is 5.56. The number of carbonyl (C=O) groups is 1. The Labute approximate surface area is 126 Å². The van der Waals surface area contributed by atoms with Crippen molar-refractivity contribution in [3.63, 3.8) is 0 Å². The van der Waals surface area contributed by atoms with Crippen LogP contribution in [-0.2, 0) is 4.79 Å². The van der Waals surface area contributed by atoms with Gasteiger partial charge in [0.05, 0.1) is 12.4 Å². The van der Waals surface area contributed by atoms with Gasteiger partial charge in [-0.3, -0.25) is 9.78 Å². The van der Waals surface area contributed by atoms with Crippen molar-refractivity contribution in [3.05, 3.63) is 12.4 Å². The molecule has 1 aliphatic rings. The van der Waals surface area contributed by atoms with Crippen molar-refractivity contribution >= 4 is 17.5 Å². The third-order valence-electron chi connectivity index (χ3n) is 3.76. The van der Waals surface area contributed by atoms with Gasteiger partial charge in [0.25, 0.3) is 0 Å². The van der Waals surface area contributed by atoms with Gasteiger partial charge in [0, 0.05) is 33.1 Å². The topological polar surface area (TPSA) is 70.2 Å². The highest BCUT2D eigenvalue weighted by Gasteiger charge is 2.20. The number of anilines is 2. The maximum atomic E-state index is 10.9. The molecular formula is C15H25N5O. The summed E-state index contributed by atoms with van der Waals surface area (Å²) in [7, 11) is 0. The van der Waals surface area contributed by atoms with Crippen LogP contribution in [0.5, 0.6) is 0 Å². The van der Waals surface area contributed by atoms with Crippen molar-refractivity contribution in [3.8, 4) is 0 Å². The molecule has 1 aromatic rings. The van der Waals surface area contributed by atoms with E-state index in [1.54, 1.807) is 13.1 Å². The van der Waals surface area contributed by atoms with Crippen LogP contribution in [0.25, 0.3) is 0 Å². The summed E-state index contributed by atoms with van der Waals surface area (Å²) in [6, 6.07) is 0. The molecule has 2 N–H and O–H groups in total. The zero-order valence-electron chi connectivity index (χ0n) is 12.9. The average molecular weight is 291 g/mol. The maximum Gasteiger partial charge on any atom is 0.216 e. The molecule has 0 atom stereocenters. The number of nitrogens with zero attached hydrogens (tertiary/aromatic N) is 3. The lowest BCUT2D eigenvalue weighted by Gasteiger charge is -2.32. The van der Waals surface area contributed by atoms with Crippen LogP contribution in [0.2, 0.25) is 0 Å². The molecule has 1 fully saturated rings. The van der Waals surface area contributed by atoms with Gasteiger partial charge in [-0.2, -0.15) is 0 Å². The van der Waals surface area contributed by atoms with E-state index in [2.05, 4.69) is 32.4 Å². The highest BCUT2D eigenvalue weighted by Crippen LogP contribution is 2.21. The van der Waals surface area contributed by atoms with Crippen LogP contribution in [0.1, 0.15) is 33.1 Å². The van der Waals surface area contributed by atoms with Crippen molar-refractivity contribution in [1.82, 2.24) is 15.3 Å². The zero-order valence-corrected chi connectivity index (χ0v) is 12.9. The lowest BCUT2D eigenvalue weighted by molar-refractivity contribution is -0.119. The predicted octanol–water partition coefficient (Wildman–Crippen LogP) is 1.65. The molecule has 6 nitrogen and oxygen atoms in total. The van der Waals surface area contributed by atoms with Crippen LogP contribution in [0, 0.1) is 5.92 Å². The first-order valence-electron chi connectivity index (χ1n) is 7.74. The Kier molecular flexibility index (Phi) is 5.78. The van der Waals surface area contributed by atoms with Gasteiger partial charge in [0.15, 0.2) is 0 Å². The molecule has 0 bridgehead atoms. The van der Waals surface area contributed by atoms with Crippen LogP contribution in [0.15, 0.2) is 12.4 Å². The van der Waals surface area contributed by atoms with E-state index in [1.807, 2.05) is 6.20 Å². The van der Waals surface area contributed by atoms with E-state index in [4.69, 9.17) is 0 Å². The Hall–Kier alpha value is -1.85. The number of piperidine rings is 1. The van der Waals surface area contributed by atoms with E-state index in [9.17, 15) is 4.79 Å². The highest BCUT2D eigenvalue weighted by atomic mass is 16.1. The van der Waals surface area contributed by atoms with Crippen LogP contribution < -0.4 is 15.5 Å². The molecule has 1 aromatic heterocycles. The van der Waals surface area contributed by atoms with Crippen LogP contribution >= 0.6 is 0 Å². The first kappa shape index (κ1) is 15.5. The fourth-order valence-corrected chi connectivity index (χ4v) is 2.50. The second kappa shape index (κ2) is 7.81.